The first-order chi connectivity index (χ1) is 11.8. The van der Waals surface area contributed by atoms with E-state index in [4.69, 9.17) is 10.5 Å². The van der Waals surface area contributed by atoms with Gasteiger partial charge in [-0.3, -0.25) is 0 Å². The number of rotatable bonds is 6. The molecule has 3 aromatic rings. The molecule has 1 aliphatic rings. The molecule has 0 spiro atoms. The first kappa shape index (κ1) is 14.8. The predicted octanol–water partition coefficient (Wildman–Crippen LogP) is 3.41. The first-order valence-electron chi connectivity index (χ1n) is 8.28. The summed E-state index contributed by atoms with van der Waals surface area (Å²) in [5, 5.41) is 4.34. The molecule has 1 aliphatic carbocycles. The van der Waals surface area contributed by atoms with E-state index in [1.807, 2.05) is 30.3 Å². The van der Waals surface area contributed by atoms with Crippen LogP contribution in [0.3, 0.4) is 0 Å². The Morgan fingerprint density at radius 1 is 1.12 bits per heavy atom. The van der Waals surface area contributed by atoms with Gasteiger partial charge >= 0.3 is 0 Å². The van der Waals surface area contributed by atoms with Crippen LogP contribution in [0.5, 0.6) is 5.75 Å². The number of anilines is 2. The highest BCUT2D eigenvalue weighted by molar-refractivity contribution is 5.91. The quantitative estimate of drug-likeness (QED) is 0.681. The molecule has 4 rings (SSSR count). The summed E-state index contributed by atoms with van der Waals surface area (Å²) in [5.74, 6) is 1.79. The van der Waals surface area contributed by atoms with Crippen molar-refractivity contribution in [3.05, 3.63) is 54.4 Å². The summed E-state index contributed by atoms with van der Waals surface area (Å²) in [6, 6.07) is 14.0. The molecule has 0 aliphatic heterocycles. The van der Waals surface area contributed by atoms with Crippen LogP contribution in [0.2, 0.25) is 0 Å². The minimum Gasteiger partial charge on any atom is -0.490 e. The molecule has 0 amide bonds. The maximum Gasteiger partial charge on any atom is 0.137 e. The van der Waals surface area contributed by atoms with Gasteiger partial charge in [0.2, 0.25) is 0 Å². The van der Waals surface area contributed by atoms with E-state index in [2.05, 4.69) is 27.4 Å². The summed E-state index contributed by atoms with van der Waals surface area (Å²) in [6.07, 6.45) is 5.25. The van der Waals surface area contributed by atoms with Gasteiger partial charge in [-0.2, -0.15) is 0 Å². The zero-order chi connectivity index (χ0) is 16.4. The van der Waals surface area contributed by atoms with E-state index >= 15 is 0 Å². The number of hydrogen-bond donors (Lipinski definition) is 2. The van der Waals surface area contributed by atoms with Gasteiger partial charge in [0.05, 0.1) is 11.6 Å². The number of nitrogen functional groups attached to an aromatic ring is 1. The minimum absolute atomic E-state index is 0.427. The SMILES string of the molecule is Nc1ccc2ncnc(NCCc3cccc(OC4CC4)c3)c2c1. The Balaban J connectivity index is 1.43. The van der Waals surface area contributed by atoms with Gasteiger partial charge in [-0.15, -0.1) is 0 Å². The lowest BCUT2D eigenvalue weighted by Crippen LogP contribution is -2.07. The second-order valence-electron chi connectivity index (χ2n) is 6.14. The van der Waals surface area contributed by atoms with E-state index in [1.165, 1.54) is 18.4 Å². The Morgan fingerprint density at radius 2 is 2.04 bits per heavy atom. The average Bonchev–Trinajstić information content (AvgIpc) is 3.40. The standard InChI is InChI=1S/C19H20N4O/c20-14-4-7-18-17(11-14)19(23-12-22-18)21-9-8-13-2-1-3-16(10-13)24-15-5-6-15/h1-4,7,10-12,15H,5-6,8-9,20H2,(H,21,22,23). The number of nitrogens with two attached hydrogens (primary N) is 1. The van der Waals surface area contributed by atoms with Crippen LogP contribution in [0.25, 0.3) is 10.9 Å². The molecule has 0 radical (unpaired) electrons. The largest absolute Gasteiger partial charge is 0.490 e. The summed E-state index contributed by atoms with van der Waals surface area (Å²) < 4.78 is 5.85. The smallest absolute Gasteiger partial charge is 0.137 e. The molecule has 3 N–H and O–H groups in total. The Morgan fingerprint density at radius 3 is 2.92 bits per heavy atom. The van der Waals surface area contributed by atoms with Crippen molar-refractivity contribution in [1.29, 1.82) is 0 Å². The molecule has 1 saturated carbocycles. The monoisotopic (exact) mass is 320 g/mol. The van der Waals surface area contributed by atoms with Gasteiger partial charge in [-0.1, -0.05) is 12.1 Å². The molecule has 122 valence electrons. The van der Waals surface area contributed by atoms with E-state index in [0.29, 0.717) is 11.8 Å². The van der Waals surface area contributed by atoms with Crippen LogP contribution in [-0.4, -0.2) is 22.6 Å². The van der Waals surface area contributed by atoms with Crippen molar-refractivity contribution >= 4 is 22.4 Å². The Hall–Kier alpha value is -2.82. The highest BCUT2D eigenvalue weighted by atomic mass is 16.5. The van der Waals surface area contributed by atoms with Gasteiger partial charge in [0, 0.05) is 17.6 Å². The third-order valence-electron chi connectivity index (χ3n) is 4.09. The van der Waals surface area contributed by atoms with Gasteiger partial charge in [0.1, 0.15) is 17.9 Å². The fraction of sp³-hybridized carbons (Fsp3) is 0.263. The van der Waals surface area contributed by atoms with Crippen molar-refractivity contribution in [2.75, 3.05) is 17.6 Å². The Kier molecular flexibility index (Phi) is 3.91. The summed E-state index contributed by atoms with van der Waals surface area (Å²) >= 11 is 0. The lowest BCUT2D eigenvalue weighted by Gasteiger charge is -2.10. The molecule has 5 nitrogen and oxygen atoms in total. The number of hydrogen-bond acceptors (Lipinski definition) is 5. The second-order valence-corrected chi connectivity index (χ2v) is 6.14. The van der Waals surface area contributed by atoms with Crippen molar-refractivity contribution < 1.29 is 4.74 Å². The molecule has 1 aromatic heterocycles. The average molecular weight is 320 g/mol. The zero-order valence-corrected chi connectivity index (χ0v) is 13.4. The third kappa shape index (κ3) is 3.40. The lowest BCUT2D eigenvalue weighted by molar-refractivity contribution is 0.303. The van der Waals surface area contributed by atoms with Crippen LogP contribution >= 0.6 is 0 Å². The minimum atomic E-state index is 0.427. The molecule has 0 unspecified atom stereocenters. The van der Waals surface area contributed by atoms with E-state index < -0.39 is 0 Å². The molecule has 0 saturated heterocycles. The molecular formula is C19H20N4O. The van der Waals surface area contributed by atoms with Crippen molar-refractivity contribution in [1.82, 2.24) is 9.97 Å². The van der Waals surface area contributed by atoms with E-state index in [9.17, 15) is 0 Å². The molecule has 24 heavy (non-hydrogen) atoms. The molecule has 0 atom stereocenters. The fourth-order valence-electron chi connectivity index (χ4n) is 2.69. The summed E-state index contributed by atoms with van der Waals surface area (Å²) in [5.41, 5.74) is 8.73. The van der Waals surface area contributed by atoms with Crippen LogP contribution in [0.15, 0.2) is 48.8 Å². The number of nitrogens with one attached hydrogen (secondary N) is 1. The van der Waals surface area contributed by atoms with Crippen LogP contribution < -0.4 is 15.8 Å². The number of ether oxygens (including phenoxy) is 1. The van der Waals surface area contributed by atoms with E-state index in [-0.39, 0.29) is 0 Å². The first-order valence-corrected chi connectivity index (χ1v) is 8.28. The van der Waals surface area contributed by atoms with Crippen molar-refractivity contribution in [2.45, 2.75) is 25.4 Å². The summed E-state index contributed by atoms with van der Waals surface area (Å²) in [4.78, 5) is 8.61. The highest BCUT2D eigenvalue weighted by Gasteiger charge is 2.23. The highest BCUT2D eigenvalue weighted by Crippen LogP contribution is 2.27. The molecule has 5 heteroatoms. The van der Waals surface area contributed by atoms with Crippen molar-refractivity contribution in [3.8, 4) is 5.75 Å². The van der Waals surface area contributed by atoms with Crippen molar-refractivity contribution in [2.24, 2.45) is 0 Å². The molecule has 1 fully saturated rings. The molecule has 2 aromatic carbocycles. The molecule has 1 heterocycles. The van der Waals surface area contributed by atoms with Gasteiger partial charge in [-0.05, 0) is 55.2 Å². The third-order valence-corrected chi connectivity index (χ3v) is 4.09. The maximum absolute atomic E-state index is 5.88. The summed E-state index contributed by atoms with van der Waals surface area (Å²) in [7, 11) is 0. The molecular weight excluding hydrogens is 300 g/mol. The molecule has 0 bridgehead atoms. The topological polar surface area (TPSA) is 73.1 Å². The number of nitrogens with zero attached hydrogens (tertiary/aromatic N) is 2. The second kappa shape index (κ2) is 6.35. The van der Waals surface area contributed by atoms with Gasteiger partial charge in [0.15, 0.2) is 0 Å². The number of fused-ring (bicyclic) bond motifs is 1. The van der Waals surface area contributed by atoms with E-state index in [0.717, 1.165) is 35.4 Å². The van der Waals surface area contributed by atoms with Gasteiger partial charge in [0.25, 0.3) is 0 Å². The van der Waals surface area contributed by atoms with Crippen molar-refractivity contribution in [3.63, 3.8) is 0 Å². The lowest BCUT2D eigenvalue weighted by atomic mass is 10.1. The predicted molar refractivity (Wildman–Crippen MR) is 96.2 cm³/mol. The van der Waals surface area contributed by atoms with Gasteiger partial charge < -0.3 is 15.8 Å². The zero-order valence-electron chi connectivity index (χ0n) is 13.4. The normalized spacial score (nSPS) is 13.8. The van der Waals surface area contributed by atoms with Gasteiger partial charge in [-0.25, -0.2) is 9.97 Å². The van der Waals surface area contributed by atoms with Crippen LogP contribution in [0.1, 0.15) is 18.4 Å². The van der Waals surface area contributed by atoms with Crippen LogP contribution in [0, 0.1) is 0 Å². The number of aromatic nitrogens is 2. The maximum atomic E-state index is 5.88. The Labute approximate surface area is 140 Å². The Bertz CT molecular complexity index is 861. The fourth-order valence-corrected chi connectivity index (χ4v) is 2.69. The summed E-state index contributed by atoms with van der Waals surface area (Å²) in [6.45, 7) is 0.786. The number of benzene rings is 2. The van der Waals surface area contributed by atoms with Crippen LogP contribution in [0.4, 0.5) is 11.5 Å². The van der Waals surface area contributed by atoms with Crippen LogP contribution in [-0.2, 0) is 6.42 Å². The van der Waals surface area contributed by atoms with E-state index in [1.54, 1.807) is 6.33 Å².